The Bertz CT molecular complexity index is 195. The SMILES string of the molecule is C=C=C=C1CCN(CC)CC1. The van der Waals surface area contributed by atoms with Gasteiger partial charge in [0.25, 0.3) is 0 Å². The van der Waals surface area contributed by atoms with Crippen LogP contribution in [0.2, 0.25) is 0 Å². The van der Waals surface area contributed by atoms with E-state index in [4.69, 9.17) is 0 Å². The number of likely N-dealkylation sites (tertiary alicyclic amines) is 1. The van der Waals surface area contributed by atoms with E-state index in [1.165, 1.54) is 25.2 Å². The van der Waals surface area contributed by atoms with Crippen LogP contribution in [0.5, 0.6) is 0 Å². The maximum Gasteiger partial charge on any atom is 0.00250 e. The lowest BCUT2D eigenvalue weighted by Gasteiger charge is -2.25. The zero-order chi connectivity index (χ0) is 8.10. The molecule has 0 amide bonds. The molecule has 1 fully saturated rings. The Morgan fingerprint density at radius 2 is 2.09 bits per heavy atom. The molecular weight excluding hydrogens is 134 g/mol. The summed E-state index contributed by atoms with van der Waals surface area (Å²) in [5, 5.41) is 0. The highest BCUT2D eigenvalue weighted by Gasteiger charge is 2.10. The monoisotopic (exact) mass is 149 g/mol. The number of hydrogen-bond acceptors (Lipinski definition) is 1. The van der Waals surface area contributed by atoms with E-state index < -0.39 is 0 Å². The highest BCUT2D eigenvalue weighted by Crippen LogP contribution is 2.13. The normalized spacial score (nSPS) is 19.2. The van der Waals surface area contributed by atoms with Crippen molar-refractivity contribution in [3.8, 4) is 0 Å². The van der Waals surface area contributed by atoms with E-state index in [0.717, 1.165) is 12.8 Å². The van der Waals surface area contributed by atoms with Crippen LogP contribution in [0.3, 0.4) is 0 Å². The van der Waals surface area contributed by atoms with E-state index in [-0.39, 0.29) is 0 Å². The second-order valence-electron chi connectivity index (χ2n) is 2.84. The van der Waals surface area contributed by atoms with Crippen LogP contribution in [0.25, 0.3) is 0 Å². The Kier molecular flexibility index (Phi) is 3.19. The standard InChI is InChI=1S/C10H15N/c1-3-5-10-6-8-11(4-2)9-7-10/h1,4,6-9H2,2H3. The van der Waals surface area contributed by atoms with Gasteiger partial charge in [0, 0.05) is 13.1 Å². The average Bonchev–Trinajstić information content (AvgIpc) is 2.07. The van der Waals surface area contributed by atoms with Crippen LogP contribution in [0, 0.1) is 0 Å². The highest BCUT2D eigenvalue weighted by atomic mass is 15.1. The fourth-order valence-electron chi connectivity index (χ4n) is 1.39. The predicted molar refractivity (Wildman–Crippen MR) is 47.5 cm³/mol. The van der Waals surface area contributed by atoms with Gasteiger partial charge in [-0.05, 0) is 31.5 Å². The smallest absolute Gasteiger partial charge is 0.00250 e. The lowest BCUT2D eigenvalue weighted by molar-refractivity contribution is 0.270. The van der Waals surface area contributed by atoms with Crippen molar-refractivity contribution in [2.24, 2.45) is 0 Å². The molecule has 1 heteroatoms. The van der Waals surface area contributed by atoms with Crippen molar-refractivity contribution in [3.05, 3.63) is 23.6 Å². The Labute approximate surface area is 68.7 Å². The van der Waals surface area contributed by atoms with Gasteiger partial charge in [0.15, 0.2) is 0 Å². The van der Waals surface area contributed by atoms with Gasteiger partial charge in [-0.3, -0.25) is 0 Å². The summed E-state index contributed by atoms with van der Waals surface area (Å²) in [6.07, 6.45) is 2.30. The molecule has 0 aromatic rings. The molecule has 0 radical (unpaired) electrons. The minimum absolute atomic E-state index is 1.15. The average molecular weight is 149 g/mol. The molecule has 0 aliphatic carbocycles. The molecule has 60 valence electrons. The summed E-state index contributed by atoms with van der Waals surface area (Å²) in [6, 6.07) is 0. The molecule has 1 aliphatic heterocycles. The molecule has 0 bridgehead atoms. The van der Waals surface area contributed by atoms with Gasteiger partial charge in [-0.2, -0.15) is 0 Å². The van der Waals surface area contributed by atoms with Crippen molar-refractivity contribution >= 4 is 0 Å². The molecule has 1 rings (SSSR count). The topological polar surface area (TPSA) is 3.24 Å². The van der Waals surface area contributed by atoms with E-state index in [0.29, 0.717) is 0 Å². The third kappa shape index (κ3) is 2.40. The summed E-state index contributed by atoms with van der Waals surface area (Å²) in [5.41, 5.74) is 7.15. The molecule has 0 spiro atoms. The quantitative estimate of drug-likeness (QED) is 0.515. The molecule has 1 aliphatic rings. The van der Waals surface area contributed by atoms with Gasteiger partial charge in [-0.15, -0.1) is 0 Å². The third-order valence-corrected chi connectivity index (χ3v) is 2.17. The van der Waals surface area contributed by atoms with Crippen LogP contribution in [0.4, 0.5) is 0 Å². The summed E-state index contributed by atoms with van der Waals surface area (Å²) in [4.78, 5) is 2.45. The first-order valence-corrected chi connectivity index (χ1v) is 4.22. The third-order valence-electron chi connectivity index (χ3n) is 2.17. The van der Waals surface area contributed by atoms with Crippen molar-refractivity contribution in [1.29, 1.82) is 0 Å². The molecule has 0 aromatic heterocycles. The molecule has 0 N–H and O–H groups in total. The fraction of sp³-hybridized carbons (Fsp3) is 0.600. The fourth-order valence-corrected chi connectivity index (χ4v) is 1.39. The number of hydrogen-bond donors (Lipinski definition) is 0. The maximum absolute atomic E-state index is 3.52. The maximum atomic E-state index is 3.52. The molecule has 0 atom stereocenters. The second kappa shape index (κ2) is 4.20. The number of rotatable bonds is 1. The van der Waals surface area contributed by atoms with Gasteiger partial charge >= 0.3 is 0 Å². The zero-order valence-corrected chi connectivity index (χ0v) is 7.19. The van der Waals surface area contributed by atoms with Gasteiger partial charge in [0.2, 0.25) is 0 Å². The van der Waals surface area contributed by atoms with Crippen LogP contribution in [0.15, 0.2) is 23.6 Å². The lowest BCUT2D eigenvalue weighted by atomic mass is 10.1. The molecule has 1 nitrogen and oxygen atoms in total. The Hall–Kier alpha value is -0.740. The molecule has 0 unspecified atom stereocenters. The van der Waals surface area contributed by atoms with Crippen molar-refractivity contribution in [1.82, 2.24) is 4.90 Å². The van der Waals surface area contributed by atoms with E-state index in [9.17, 15) is 0 Å². The minimum atomic E-state index is 1.15. The van der Waals surface area contributed by atoms with Crippen LogP contribution in [-0.2, 0) is 0 Å². The van der Waals surface area contributed by atoms with Crippen molar-refractivity contribution < 1.29 is 0 Å². The Morgan fingerprint density at radius 1 is 1.45 bits per heavy atom. The molecule has 0 aromatic carbocycles. The summed E-state index contributed by atoms with van der Waals surface area (Å²) in [7, 11) is 0. The van der Waals surface area contributed by atoms with Crippen LogP contribution in [0.1, 0.15) is 19.8 Å². The first-order valence-electron chi connectivity index (χ1n) is 4.22. The molecule has 1 heterocycles. The van der Waals surface area contributed by atoms with E-state index >= 15 is 0 Å². The summed E-state index contributed by atoms with van der Waals surface area (Å²) in [5.74, 6) is 0. The van der Waals surface area contributed by atoms with E-state index in [2.05, 4.69) is 29.9 Å². The van der Waals surface area contributed by atoms with Gasteiger partial charge in [-0.25, -0.2) is 0 Å². The number of nitrogens with zero attached hydrogens (tertiary/aromatic N) is 1. The zero-order valence-electron chi connectivity index (χ0n) is 7.19. The Morgan fingerprint density at radius 3 is 2.55 bits per heavy atom. The summed E-state index contributed by atoms with van der Waals surface area (Å²) in [6.45, 7) is 9.26. The highest BCUT2D eigenvalue weighted by molar-refractivity contribution is 5.04. The molecular formula is C10H15N. The van der Waals surface area contributed by atoms with Crippen molar-refractivity contribution in [2.75, 3.05) is 19.6 Å². The second-order valence-corrected chi connectivity index (χ2v) is 2.84. The summed E-state index contributed by atoms with van der Waals surface area (Å²) < 4.78 is 0. The lowest BCUT2D eigenvalue weighted by Crippen LogP contribution is -2.30. The largest absolute Gasteiger partial charge is 0.303 e. The van der Waals surface area contributed by atoms with Crippen molar-refractivity contribution in [3.63, 3.8) is 0 Å². The van der Waals surface area contributed by atoms with Crippen LogP contribution >= 0.6 is 0 Å². The van der Waals surface area contributed by atoms with Crippen molar-refractivity contribution in [2.45, 2.75) is 19.8 Å². The Balaban J connectivity index is 2.48. The van der Waals surface area contributed by atoms with Gasteiger partial charge in [-0.1, -0.05) is 18.4 Å². The molecule has 1 saturated heterocycles. The van der Waals surface area contributed by atoms with Gasteiger partial charge in [0.05, 0.1) is 0 Å². The van der Waals surface area contributed by atoms with Gasteiger partial charge in [0.1, 0.15) is 0 Å². The van der Waals surface area contributed by atoms with Crippen LogP contribution < -0.4 is 0 Å². The van der Waals surface area contributed by atoms with Gasteiger partial charge < -0.3 is 4.90 Å². The number of piperidine rings is 1. The molecule has 11 heavy (non-hydrogen) atoms. The first kappa shape index (κ1) is 8.36. The first-order chi connectivity index (χ1) is 5.36. The van der Waals surface area contributed by atoms with E-state index in [1.807, 2.05) is 0 Å². The summed E-state index contributed by atoms with van der Waals surface area (Å²) >= 11 is 0. The molecule has 0 saturated carbocycles. The van der Waals surface area contributed by atoms with E-state index in [1.54, 1.807) is 0 Å². The predicted octanol–water partition coefficient (Wildman–Crippen LogP) is 1.97. The van der Waals surface area contributed by atoms with Crippen LogP contribution in [-0.4, -0.2) is 24.5 Å². The minimum Gasteiger partial charge on any atom is -0.303 e.